The number of ether oxygens (including phenoxy) is 3. The summed E-state index contributed by atoms with van der Waals surface area (Å²) in [6, 6.07) is 0. The second-order valence-corrected chi connectivity index (χ2v) is 6.78. The number of carbonyl (C=O) groups excluding carboxylic acids is 2. The lowest BCUT2D eigenvalue weighted by Crippen LogP contribution is -2.61. The summed E-state index contributed by atoms with van der Waals surface area (Å²) >= 11 is 0. The molecule has 21 heavy (non-hydrogen) atoms. The van der Waals surface area contributed by atoms with Gasteiger partial charge >= 0.3 is 11.9 Å². The summed E-state index contributed by atoms with van der Waals surface area (Å²) in [7, 11) is 0. The van der Waals surface area contributed by atoms with Gasteiger partial charge in [-0.2, -0.15) is 0 Å². The maximum absolute atomic E-state index is 11.9. The molecule has 3 aliphatic heterocycles. The van der Waals surface area contributed by atoms with Gasteiger partial charge in [0.25, 0.3) is 0 Å². The van der Waals surface area contributed by atoms with Gasteiger partial charge < -0.3 is 14.2 Å². The van der Waals surface area contributed by atoms with E-state index in [0.717, 1.165) is 19.3 Å². The molecule has 0 radical (unpaired) electrons. The summed E-state index contributed by atoms with van der Waals surface area (Å²) in [5.41, 5.74) is -1.61. The van der Waals surface area contributed by atoms with Gasteiger partial charge in [-0.05, 0) is 39.2 Å². The first kappa shape index (κ1) is 13.1. The summed E-state index contributed by atoms with van der Waals surface area (Å²) in [6.45, 7) is 7.70. The van der Waals surface area contributed by atoms with Gasteiger partial charge in [-0.3, -0.25) is 0 Å². The molecule has 5 heteroatoms. The van der Waals surface area contributed by atoms with Crippen molar-refractivity contribution in [3.63, 3.8) is 0 Å². The van der Waals surface area contributed by atoms with Crippen molar-refractivity contribution in [3.8, 4) is 0 Å². The van der Waals surface area contributed by atoms with Gasteiger partial charge in [0.15, 0.2) is 17.3 Å². The SMILES string of the molecule is C=C1C(=O)O[C@@H]2[C@H]1CCC[C@@]1(C)OC13C=CC(=O)O[C@@]23C. The highest BCUT2D eigenvalue weighted by Gasteiger charge is 2.80. The molecule has 0 amide bonds. The molecule has 0 N–H and O–H groups in total. The van der Waals surface area contributed by atoms with Gasteiger partial charge in [-0.15, -0.1) is 0 Å². The first-order chi connectivity index (χ1) is 9.83. The van der Waals surface area contributed by atoms with E-state index in [4.69, 9.17) is 14.2 Å². The zero-order valence-electron chi connectivity index (χ0n) is 12.2. The lowest BCUT2D eigenvalue weighted by Gasteiger charge is -2.43. The van der Waals surface area contributed by atoms with Crippen LogP contribution in [0.5, 0.6) is 0 Å². The van der Waals surface area contributed by atoms with Crippen molar-refractivity contribution in [2.75, 3.05) is 0 Å². The van der Waals surface area contributed by atoms with E-state index in [0.29, 0.717) is 5.57 Å². The molecule has 0 aromatic heterocycles. The van der Waals surface area contributed by atoms with E-state index in [1.807, 2.05) is 13.8 Å². The average molecular weight is 290 g/mol. The van der Waals surface area contributed by atoms with Gasteiger partial charge in [0.2, 0.25) is 0 Å². The largest absolute Gasteiger partial charge is 0.454 e. The standard InChI is InChI=1S/C16H18O5/c1-9-10-5-4-7-14(2)16(21-14)8-6-11(17)20-15(16,3)12(10)19-13(9)18/h6,8,10,12H,1,4-5,7H2,2-3H3/t10-,12+,14+,15-,16?/m0/s1. The van der Waals surface area contributed by atoms with Crippen molar-refractivity contribution in [3.05, 3.63) is 24.3 Å². The Morgan fingerprint density at radius 1 is 1.33 bits per heavy atom. The topological polar surface area (TPSA) is 65.1 Å². The van der Waals surface area contributed by atoms with Gasteiger partial charge in [0.05, 0.1) is 0 Å². The molecule has 3 fully saturated rings. The lowest BCUT2D eigenvalue weighted by atomic mass is 9.67. The zero-order chi connectivity index (χ0) is 15.0. The predicted octanol–water partition coefficient (Wildman–Crippen LogP) is 1.67. The molecule has 3 heterocycles. The van der Waals surface area contributed by atoms with Gasteiger partial charge in [0.1, 0.15) is 5.60 Å². The number of carbonyl (C=O) groups is 2. The average Bonchev–Trinajstić information content (AvgIpc) is 2.91. The first-order valence-corrected chi connectivity index (χ1v) is 7.35. The molecular formula is C16H18O5. The van der Waals surface area contributed by atoms with Crippen LogP contribution in [-0.2, 0) is 23.8 Å². The number of hydrogen-bond acceptors (Lipinski definition) is 5. The molecular weight excluding hydrogens is 272 g/mol. The normalized spacial score (nSPS) is 51.0. The molecule has 0 aromatic rings. The molecule has 112 valence electrons. The Bertz CT molecular complexity index is 608. The molecule has 5 nitrogen and oxygen atoms in total. The summed E-state index contributed by atoms with van der Waals surface area (Å²) in [4.78, 5) is 23.8. The number of hydrogen-bond donors (Lipinski definition) is 0. The van der Waals surface area contributed by atoms with E-state index in [1.165, 1.54) is 6.08 Å². The van der Waals surface area contributed by atoms with Crippen LogP contribution < -0.4 is 0 Å². The first-order valence-electron chi connectivity index (χ1n) is 7.35. The number of esters is 2. The molecule has 5 atom stereocenters. The summed E-state index contributed by atoms with van der Waals surface area (Å²) in [5.74, 6) is -0.933. The Labute approximate surface area is 122 Å². The van der Waals surface area contributed by atoms with Gasteiger partial charge in [-0.25, -0.2) is 9.59 Å². The maximum atomic E-state index is 11.9. The molecule has 0 bridgehead atoms. The van der Waals surface area contributed by atoms with E-state index in [2.05, 4.69) is 6.58 Å². The van der Waals surface area contributed by atoms with E-state index in [1.54, 1.807) is 6.08 Å². The Kier molecular flexibility index (Phi) is 2.23. The van der Waals surface area contributed by atoms with Crippen molar-refractivity contribution in [1.82, 2.24) is 0 Å². The van der Waals surface area contributed by atoms with Crippen LogP contribution in [0.4, 0.5) is 0 Å². The van der Waals surface area contributed by atoms with Crippen LogP contribution >= 0.6 is 0 Å². The van der Waals surface area contributed by atoms with Crippen molar-refractivity contribution >= 4 is 11.9 Å². The highest BCUT2D eigenvalue weighted by molar-refractivity contribution is 5.91. The molecule has 0 aromatic carbocycles. The second-order valence-electron chi connectivity index (χ2n) is 6.78. The van der Waals surface area contributed by atoms with Crippen LogP contribution in [0.25, 0.3) is 0 Å². The maximum Gasteiger partial charge on any atom is 0.334 e. The molecule has 4 aliphatic rings. The third kappa shape index (κ3) is 1.35. The smallest absolute Gasteiger partial charge is 0.334 e. The summed E-state index contributed by atoms with van der Waals surface area (Å²) in [5, 5.41) is 0. The minimum absolute atomic E-state index is 0.118. The Hall–Kier alpha value is -1.62. The minimum atomic E-state index is -1.01. The monoisotopic (exact) mass is 290 g/mol. The van der Waals surface area contributed by atoms with Crippen LogP contribution in [-0.4, -0.2) is 34.8 Å². The predicted molar refractivity (Wildman–Crippen MR) is 72.2 cm³/mol. The van der Waals surface area contributed by atoms with E-state index in [9.17, 15) is 9.59 Å². The fourth-order valence-corrected chi connectivity index (χ4v) is 4.43. The van der Waals surface area contributed by atoms with Gasteiger partial charge in [0, 0.05) is 17.6 Å². The van der Waals surface area contributed by atoms with E-state index < -0.39 is 29.2 Å². The van der Waals surface area contributed by atoms with Crippen LogP contribution in [0.1, 0.15) is 33.1 Å². The number of fused-ring (bicyclic) bond motifs is 2. The Morgan fingerprint density at radius 3 is 2.86 bits per heavy atom. The zero-order valence-corrected chi connectivity index (χ0v) is 12.2. The molecule has 1 aliphatic carbocycles. The third-order valence-corrected chi connectivity index (χ3v) is 5.66. The van der Waals surface area contributed by atoms with Crippen LogP contribution in [0, 0.1) is 5.92 Å². The van der Waals surface area contributed by atoms with E-state index >= 15 is 0 Å². The van der Waals surface area contributed by atoms with Crippen molar-refractivity contribution in [2.24, 2.45) is 5.92 Å². The summed E-state index contributed by atoms with van der Waals surface area (Å²) < 4.78 is 17.3. The minimum Gasteiger partial charge on any atom is -0.454 e. The Balaban J connectivity index is 1.86. The number of epoxide rings is 1. The molecule has 1 saturated carbocycles. The van der Waals surface area contributed by atoms with Crippen molar-refractivity contribution in [1.29, 1.82) is 0 Å². The number of rotatable bonds is 0. The van der Waals surface area contributed by atoms with Crippen LogP contribution in [0.15, 0.2) is 24.3 Å². The molecule has 1 unspecified atom stereocenters. The van der Waals surface area contributed by atoms with Crippen molar-refractivity contribution in [2.45, 2.75) is 56.0 Å². The quantitative estimate of drug-likeness (QED) is 0.386. The summed E-state index contributed by atoms with van der Waals surface area (Å²) in [6.07, 6.45) is 5.24. The Morgan fingerprint density at radius 2 is 2.10 bits per heavy atom. The fraction of sp³-hybridized carbons (Fsp3) is 0.625. The highest BCUT2D eigenvalue weighted by Crippen LogP contribution is 2.64. The van der Waals surface area contributed by atoms with Crippen molar-refractivity contribution < 1.29 is 23.8 Å². The molecule has 4 rings (SSSR count). The second kappa shape index (κ2) is 3.58. The molecule has 2 saturated heterocycles. The molecule has 1 spiro atoms. The van der Waals surface area contributed by atoms with Gasteiger partial charge in [-0.1, -0.05) is 6.58 Å². The van der Waals surface area contributed by atoms with Crippen LogP contribution in [0.2, 0.25) is 0 Å². The van der Waals surface area contributed by atoms with Crippen LogP contribution in [0.3, 0.4) is 0 Å². The fourth-order valence-electron chi connectivity index (χ4n) is 4.43. The highest BCUT2D eigenvalue weighted by atomic mass is 16.7. The lowest BCUT2D eigenvalue weighted by molar-refractivity contribution is -0.188. The third-order valence-electron chi connectivity index (χ3n) is 5.66. The van der Waals surface area contributed by atoms with E-state index in [-0.39, 0.29) is 11.5 Å².